The first-order valence-corrected chi connectivity index (χ1v) is 7.58. The van der Waals surface area contributed by atoms with Crippen LogP contribution < -0.4 is 5.32 Å². The number of unbranched alkanes of at least 4 members (excludes halogenated alkanes) is 3. The molecule has 3 nitrogen and oxygen atoms in total. The van der Waals surface area contributed by atoms with Crippen molar-refractivity contribution < 1.29 is 9.21 Å². The lowest BCUT2D eigenvalue weighted by Gasteiger charge is -2.02. The zero-order valence-electron chi connectivity index (χ0n) is 11.7. The first-order valence-electron chi connectivity index (χ1n) is 7.05. The SMILES string of the molecule is Cc1ccc2oc(C(=O)NCCCCCCCl)cc2c1. The Bertz CT molecular complexity index is 577. The lowest BCUT2D eigenvalue weighted by molar-refractivity contribution is 0.0927. The van der Waals surface area contributed by atoms with Crippen molar-refractivity contribution in [3.05, 3.63) is 35.6 Å². The average molecular weight is 294 g/mol. The fraction of sp³-hybridized carbons (Fsp3) is 0.438. The van der Waals surface area contributed by atoms with Gasteiger partial charge in [-0.3, -0.25) is 4.79 Å². The first kappa shape index (κ1) is 14.9. The van der Waals surface area contributed by atoms with Gasteiger partial charge in [0.15, 0.2) is 5.76 Å². The van der Waals surface area contributed by atoms with Crippen LogP contribution in [0.15, 0.2) is 28.7 Å². The van der Waals surface area contributed by atoms with Gasteiger partial charge in [0.2, 0.25) is 0 Å². The summed E-state index contributed by atoms with van der Waals surface area (Å²) in [6, 6.07) is 7.69. The van der Waals surface area contributed by atoms with Crippen molar-refractivity contribution in [3.63, 3.8) is 0 Å². The summed E-state index contributed by atoms with van der Waals surface area (Å²) in [6.45, 7) is 2.70. The number of carbonyl (C=O) groups excluding carboxylic acids is 1. The van der Waals surface area contributed by atoms with Crippen molar-refractivity contribution in [2.45, 2.75) is 32.6 Å². The zero-order chi connectivity index (χ0) is 14.4. The molecule has 2 aromatic rings. The molecule has 1 N–H and O–H groups in total. The molecule has 1 amide bonds. The maximum absolute atomic E-state index is 12.0. The highest BCUT2D eigenvalue weighted by Gasteiger charge is 2.11. The molecule has 20 heavy (non-hydrogen) atoms. The van der Waals surface area contributed by atoms with Crippen LogP contribution in [0.2, 0.25) is 0 Å². The molecule has 0 saturated carbocycles. The lowest BCUT2D eigenvalue weighted by atomic mass is 10.2. The Labute approximate surface area is 124 Å². The molecule has 0 aliphatic heterocycles. The van der Waals surface area contributed by atoms with Crippen molar-refractivity contribution in [2.24, 2.45) is 0 Å². The standard InChI is InChI=1S/C16H20ClNO2/c1-12-6-7-14-13(10-12)11-15(20-14)16(19)18-9-5-3-2-4-8-17/h6-7,10-11H,2-5,8-9H2,1H3,(H,18,19). The molecule has 1 aromatic heterocycles. The third-order valence-corrected chi connectivity index (χ3v) is 3.51. The molecule has 0 saturated heterocycles. The molecule has 4 heteroatoms. The van der Waals surface area contributed by atoms with Crippen molar-refractivity contribution in [2.75, 3.05) is 12.4 Å². The molecule has 0 bridgehead atoms. The summed E-state index contributed by atoms with van der Waals surface area (Å²) in [6.07, 6.45) is 4.22. The molecule has 0 spiro atoms. The van der Waals surface area contributed by atoms with Crippen LogP contribution in [0.5, 0.6) is 0 Å². The maximum Gasteiger partial charge on any atom is 0.287 e. The van der Waals surface area contributed by atoms with E-state index in [0.29, 0.717) is 18.2 Å². The highest BCUT2D eigenvalue weighted by molar-refractivity contribution is 6.17. The van der Waals surface area contributed by atoms with E-state index in [9.17, 15) is 4.79 Å². The smallest absolute Gasteiger partial charge is 0.287 e. The summed E-state index contributed by atoms with van der Waals surface area (Å²) >= 11 is 5.61. The Morgan fingerprint density at radius 3 is 2.80 bits per heavy atom. The number of benzene rings is 1. The average Bonchev–Trinajstić information content (AvgIpc) is 2.85. The van der Waals surface area contributed by atoms with E-state index in [1.165, 1.54) is 0 Å². The predicted octanol–water partition coefficient (Wildman–Crippen LogP) is 4.27. The van der Waals surface area contributed by atoms with E-state index >= 15 is 0 Å². The minimum absolute atomic E-state index is 0.142. The van der Waals surface area contributed by atoms with Crippen molar-refractivity contribution >= 4 is 28.5 Å². The molecule has 108 valence electrons. The Morgan fingerprint density at radius 1 is 1.20 bits per heavy atom. The van der Waals surface area contributed by atoms with Gasteiger partial charge >= 0.3 is 0 Å². The van der Waals surface area contributed by atoms with Crippen LogP contribution in [0.4, 0.5) is 0 Å². The lowest BCUT2D eigenvalue weighted by Crippen LogP contribution is -2.23. The first-order chi connectivity index (χ1) is 9.70. The van der Waals surface area contributed by atoms with Gasteiger partial charge in [-0.15, -0.1) is 11.6 Å². The van der Waals surface area contributed by atoms with Gasteiger partial charge in [0, 0.05) is 17.8 Å². The van der Waals surface area contributed by atoms with E-state index < -0.39 is 0 Å². The van der Waals surface area contributed by atoms with Crippen molar-refractivity contribution in [3.8, 4) is 0 Å². The van der Waals surface area contributed by atoms with Crippen LogP contribution in [0.3, 0.4) is 0 Å². The van der Waals surface area contributed by atoms with Crippen molar-refractivity contribution in [1.82, 2.24) is 5.32 Å². The third kappa shape index (κ3) is 4.01. The van der Waals surface area contributed by atoms with Gasteiger partial charge < -0.3 is 9.73 Å². The Balaban J connectivity index is 1.85. The maximum atomic E-state index is 12.0. The van der Waals surface area contributed by atoms with E-state index in [0.717, 1.165) is 42.2 Å². The highest BCUT2D eigenvalue weighted by atomic mass is 35.5. The minimum atomic E-state index is -0.142. The summed E-state index contributed by atoms with van der Waals surface area (Å²) in [5.41, 5.74) is 1.91. The van der Waals surface area contributed by atoms with Gasteiger partial charge in [-0.1, -0.05) is 24.5 Å². The molecule has 0 aliphatic rings. The Hall–Kier alpha value is -1.48. The van der Waals surface area contributed by atoms with Gasteiger partial charge in [-0.25, -0.2) is 0 Å². The van der Waals surface area contributed by atoms with Crippen LogP contribution in [-0.2, 0) is 0 Å². The highest BCUT2D eigenvalue weighted by Crippen LogP contribution is 2.20. The Morgan fingerprint density at radius 2 is 2.00 bits per heavy atom. The summed E-state index contributed by atoms with van der Waals surface area (Å²) in [5.74, 6) is 0.952. The van der Waals surface area contributed by atoms with E-state index in [2.05, 4.69) is 5.32 Å². The van der Waals surface area contributed by atoms with Gasteiger partial charge in [0.25, 0.3) is 5.91 Å². The van der Waals surface area contributed by atoms with Crippen molar-refractivity contribution in [1.29, 1.82) is 0 Å². The normalized spacial score (nSPS) is 10.9. The molecular weight excluding hydrogens is 274 g/mol. The topological polar surface area (TPSA) is 42.2 Å². The molecule has 2 rings (SSSR count). The van der Waals surface area contributed by atoms with Gasteiger partial charge in [0.1, 0.15) is 5.58 Å². The fourth-order valence-corrected chi connectivity index (χ4v) is 2.33. The van der Waals surface area contributed by atoms with E-state index in [4.69, 9.17) is 16.0 Å². The number of carbonyl (C=O) groups is 1. The van der Waals surface area contributed by atoms with E-state index in [1.807, 2.05) is 25.1 Å². The van der Waals surface area contributed by atoms with Crippen LogP contribution >= 0.6 is 11.6 Å². The predicted molar refractivity (Wildman–Crippen MR) is 82.5 cm³/mol. The van der Waals surface area contributed by atoms with Crippen LogP contribution in [0, 0.1) is 6.92 Å². The molecule has 0 radical (unpaired) electrons. The molecule has 0 unspecified atom stereocenters. The zero-order valence-corrected chi connectivity index (χ0v) is 12.5. The number of fused-ring (bicyclic) bond motifs is 1. The Kier molecular flexibility index (Phi) is 5.48. The molecule has 1 aromatic carbocycles. The molecule has 1 heterocycles. The number of nitrogens with one attached hydrogen (secondary N) is 1. The number of furan rings is 1. The molecular formula is C16H20ClNO2. The fourth-order valence-electron chi connectivity index (χ4n) is 2.14. The second kappa shape index (κ2) is 7.34. The molecule has 0 atom stereocenters. The van der Waals surface area contributed by atoms with Gasteiger partial charge in [0.05, 0.1) is 0 Å². The van der Waals surface area contributed by atoms with Crippen LogP contribution in [-0.4, -0.2) is 18.3 Å². The number of hydrogen-bond acceptors (Lipinski definition) is 2. The summed E-state index contributed by atoms with van der Waals surface area (Å²) in [4.78, 5) is 12.0. The minimum Gasteiger partial charge on any atom is -0.451 e. The number of halogens is 1. The van der Waals surface area contributed by atoms with Gasteiger partial charge in [-0.2, -0.15) is 0 Å². The largest absolute Gasteiger partial charge is 0.451 e. The second-order valence-electron chi connectivity index (χ2n) is 5.01. The number of alkyl halides is 1. The quantitative estimate of drug-likeness (QED) is 0.612. The number of amides is 1. The van der Waals surface area contributed by atoms with E-state index in [-0.39, 0.29) is 5.91 Å². The molecule has 0 aliphatic carbocycles. The van der Waals surface area contributed by atoms with Gasteiger partial charge in [-0.05, 0) is 38.0 Å². The summed E-state index contributed by atoms with van der Waals surface area (Å²) in [7, 11) is 0. The summed E-state index contributed by atoms with van der Waals surface area (Å²) < 4.78 is 5.55. The summed E-state index contributed by atoms with van der Waals surface area (Å²) in [5, 5.41) is 3.86. The van der Waals surface area contributed by atoms with Crippen LogP contribution in [0.1, 0.15) is 41.8 Å². The van der Waals surface area contributed by atoms with E-state index in [1.54, 1.807) is 6.07 Å². The van der Waals surface area contributed by atoms with Crippen LogP contribution in [0.25, 0.3) is 11.0 Å². The second-order valence-corrected chi connectivity index (χ2v) is 5.39. The third-order valence-electron chi connectivity index (χ3n) is 3.24. The number of rotatable bonds is 7. The monoisotopic (exact) mass is 293 g/mol. The number of hydrogen-bond donors (Lipinski definition) is 1. The molecule has 0 fully saturated rings. The number of aryl methyl sites for hydroxylation is 1.